The summed E-state index contributed by atoms with van der Waals surface area (Å²) in [6.45, 7) is 0.532. The van der Waals surface area contributed by atoms with E-state index in [1.54, 1.807) is 48.5 Å². The minimum Gasteiger partial charge on any atom is -0.371 e. The number of aromatic nitrogens is 1. The summed E-state index contributed by atoms with van der Waals surface area (Å²) in [6.07, 6.45) is 0. The Balaban J connectivity index is 1.75. The van der Waals surface area contributed by atoms with E-state index in [1.807, 2.05) is 30.3 Å². The predicted molar refractivity (Wildman–Crippen MR) is 110 cm³/mol. The standard InChI is InChI=1S/C22H18ClNO3S/c23-17-11-12-20-19(13-17)22(28(25,26)18-9-5-2-6-10-18)21(24-20)15-27-14-16-7-3-1-4-8-16/h1-13,24H,14-15H2. The Labute approximate surface area is 168 Å². The van der Waals surface area contributed by atoms with Gasteiger partial charge in [0.25, 0.3) is 0 Å². The lowest BCUT2D eigenvalue weighted by Gasteiger charge is -2.08. The van der Waals surface area contributed by atoms with E-state index in [0.717, 1.165) is 5.56 Å². The summed E-state index contributed by atoms with van der Waals surface area (Å²) in [5.41, 5.74) is 2.24. The molecule has 0 spiro atoms. The molecule has 4 aromatic rings. The Kier molecular flexibility index (Phi) is 5.22. The molecule has 0 saturated heterocycles. The molecule has 0 amide bonds. The minimum absolute atomic E-state index is 0.141. The molecule has 28 heavy (non-hydrogen) atoms. The fourth-order valence-corrected chi connectivity index (χ4v) is 4.98. The molecule has 0 radical (unpaired) electrons. The topological polar surface area (TPSA) is 59.2 Å². The highest BCUT2D eigenvalue weighted by atomic mass is 35.5. The van der Waals surface area contributed by atoms with Gasteiger partial charge in [0.15, 0.2) is 0 Å². The van der Waals surface area contributed by atoms with Crippen LogP contribution >= 0.6 is 11.6 Å². The lowest BCUT2D eigenvalue weighted by atomic mass is 10.2. The molecule has 0 bridgehead atoms. The van der Waals surface area contributed by atoms with Gasteiger partial charge in [0.05, 0.1) is 23.8 Å². The average molecular weight is 412 g/mol. The molecule has 4 rings (SSSR count). The van der Waals surface area contributed by atoms with Crippen molar-refractivity contribution in [2.24, 2.45) is 0 Å². The van der Waals surface area contributed by atoms with Gasteiger partial charge >= 0.3 is 0 Å². The van der Waals surface area contributed by atoms with Gasteiger partial charge in [-0.15, -0.1) is 0 Å². The molecule has 1 aromatic heterocycles. The Morgan fingerprint density at radius 2 is 1.54 bits per heavy atom. The number of ether oxygens (including phenoxy) is 1. The molecular weight excluding hydrogens is 394 g/mol. The number of aromatic amines is 1. The summed E-state index contributed by atoms with van der Waals surface area (Å²) in [7, 11) is -3.73. The van der Waals surface area contributed by atoms with Crippen molar-refractivity contribution < 1.29 is 13.2 Å². The summed E-state index contributed by atoms with van der Waals surface area (Å²) in [4.78, 5) is 3.64. The molecule has 4 nitrogen and oxygen atoms in total. The highest BCUT2D eigenvalue weighted by molar-refractivity contribution is 7.91. The summed E-state index contributed by atoms with van der Waals surface area (Å²) >= 11 is 6.14. The predicted octanol–water partition coefficient (Wildman–Crippen LogP) is 5.37. The van der Waals surface area contributed by atoms with Crippen molar-refractivity contribution >= 4 is 32.3 Å². The Morgan fingerprint density at radius 1 is 0.857 bits per heavy atom. The fourth-order valence-electron chi connectivity index (χ4n) is 3.17. The number of sulfone groups is 1. The van der Waals surface area contributed by atoms with Crippen LogP contribution in [0.15, 0.2) is 88.7 Å². The SMILES string of the molecule is O=S(=O)(c1ccccc1)c1c(COCc2ccccc2)[nH]c2ccc(Cl)cc12. The number of hydrogen-bond donors (Lipinski definition) is 1. The highest BCUT2D eigenvalue weighted by Gasteiger charge is 2.26. The summed E-state index contributed by atoms with van der Waals surface area (Å²) in [5.74, 6) is 0. The third-order valence-corrected chi connectivity index (χ3v) is 6.60. The van der Waals surface area contributed by atoms with Gasteiger partial charge in [-0.3, -0.25) is 0 Å². The first-order valence-electron chi connectivity index (χ1n) is 8.77. The third kappa shape index (κ3) is 3.69. The van der Waals surface area contributed by atoms with Crippen LogP contribution in [0.1, 0.15) is 11.3 Å². The zero-order valence-corrected chi connectivity index (χ0v) is 16.5. The fraction of sp³-hybridized carbons (Fsp3) is 0.0909. The van der Waals surface area contributed by atoms with Crippen LogP contribution < -0.4 is 0 Å². The first-order valence-corrected chi connectivity index (χ1v) is 10.6. The van der Waals surface area contributed by atoms with Crippen LogP contribution in [0.5, 0.6) is 0 Å². The van der Waals surface area contributed by atoms with E-state index >= 15 is 0 Å². The van der Waals surface area contributed by atoms with Gasteiger partial charge in [-0.1, -0.05) is 60.1 Å². The normalized spacial score (nSPS) is 11.8. The number of H-pyrrole nitrogens is 1. The first-order chi connectivity index (χ1) is 13.6. The van der Waals surface area contributed by atoms with E-state index in [2.05, 4.69) is 4.98 Å². The van der Waals surface area contributed by atoms with E-state index in [-0.39, 0.29) is 16.4 Å². The second-order valence-corrected chi connectivity index (χ2v) is 8.74. The molecule has 0 aliphatic heterocycles. The van der Waals surface area contributed by atoms with Crippen molar-refractivity contribution in [1.29, 1.82) is 0 Å². The van der Waals surface area contributed by atoms with Crippen molar-refractivity contribution in [2.45, 2.75) is 23.0 Å². The minimum atomic E-state index is -3.73. The number of hydrogen-bond acceptors (Lipinski definition) is 3. The van der Waals surface area contributed by atoms with E-state index in [1.165, 1.54) is 0 Å². The summed E-state index contributed by atoms with van der Waals surface area (Å²) in [5, 5.41) is 1.04. The molecule has 0 aliphatic rings. The molecule has 1 heterocycles. The van der Waals surface area contributed by atoms with E-state index in [9.17, 15) is 8.42 Å². The number of benzene rings is 3. The van der Waals surface area contributed by atoms with Crippen molar-refractivity contribution in [3.63, 3.8) is 0 Å². The van der Waals surface area contributed by atoms with Gasteiger partial charge in [0.2, 0.25) is 9.84 Å². The summed E-state index contributed by atoms with van der Waals surface area (Å²) < 4.78 is 32.5. The van der Waals surface area contributed by atoms with Crippen LogP contribution in [0.4, 0.5) is 0 Å². The number of fused-ring (bicyclic) bond motifs is 1. The average Bonchev–Trinajstić information content (AvgIpc) is 3.07. The molecule has 3 aromatic carbocycles. The smallest absolute Gasteiger partial charge is 0.209 e. The van der Waals surface area contributed by atoms with Crippen LogP contribution in [0, 0.1) is 0 Å². The van der Waals surface area contributed by atoms with Crippen molar-refractivity contribution in [3.05, 3.63) is 95.1 Å². The van der Waals surface area contributed by atoms with Crippen LogP contribution in [0.2, 0.25) is 5.02 Å². The molecule has 0 aliphatic carbocycles. The largest absolute Gasteiger partial charge is 0.371 e. The second kappa shape index (κ2) is 7.80. The second-order valence-electron chi connectivity index (χ2n) is 6.42. The van der Waals surface area contributed by atoms with Gasteiger partial charge in [-0.25, -0.2) is 8.42 Å². The third-order valence-electron chi connectivity index (χ3n) is 4.47. The van der Waals surface area contributed by atoms with Gasteiger partial charge in [0.1, 0.15) is 4.90 Å². The monoisotopic (exact) mass is 411 g/mol. The van der Waals surface area contributed by atoms with Gasteiger partial charge < -0.3 is 9.72 Å². The zero-order chi connectivity index (χ0) is 19.6. The maximum atomic E-state index is 13.4. The van der Waals surface area contributed by atoms with Gasteiger partial charge in [0, 0.05) is 15.9 Å². The van der Waals surface area contributed by atoms with E-state index < -0.39 is 9.84 Å². The van der Waals surface area contributed by atoms with Crippen LogP contribution in [0.3, 0.4) is 0 Å². The Bertz CT molecular complexity index is 1200. The Morgan fingerprint density at radius 3 is 2.25 bits per heavy atom. The maximum absolute atomic E-state index is 13.4. The van der Waals surface area contributed by atoms with Crippen LogP contribution in [-0.2, 0) is 27.8 Å². The molecule has 0 saturated carbocycles. The maximum Gasteiger partial charge on any atom is 0.209 e. The van der Waals surface area contributed by atoms with Crippen molar-refractivity contribution in [1.82, 2.24) is 4.98 Å². The van der Waals surface area contributed by atoms with Crippen molar-refractivity contribution in [2.75, 3.05) is 0 Å². The number of rotatable bonds is 6. The number of nitrogens with one attached hydrogen (secondary N) is 1. The molecule has 0 fully saturated rings. The number of halogens is 1. The molecule has 0 unspecified atom stereocenters. The zero-order valence-electron chi connectivity index (χ0n) is 14.9. The van der Waals surface area contributed by atoms with Gasteiger partial charge in [-0.2, -0.15) is 0 Å². The first kappa shape index (κ1) is 18.7. The van der Waals surface area contributed by atoms with Crippen molar-refractivity contribution in [3.8, 4) is 0 Å². The lowest BCUT2D eigenvalue weighted by molar-refractivity contribution is 0.103. The van der Waals surface area contributed by atoms with Crippen LogP contribution in [0.25, 0.3) is 10.9 Å². The summed E-state index contributed by atoms with van der Waals surface area (Å²) in [6, 6.07) is 23.3. The quantitative estimate of drug-likeness (QED) is 0.464. The highest BCUT2D eigenvalue weighted by Crippen LogP contribution is 2.33. The van der Waals surface area contributed by atoms with E-state index in [0.29, 0.717) is 28.2 Å². The van der Waals surface area contributed by atoms with Gasteiger partial charge in [-0.05, 0) is 35.9 Å². The van der Waals surface area contributed by atoms with E-state index in [4.69, 9.17) is 16.3 Å². The molecule has 142 valence electrons. The molecule has 0 atom stereocenters. The molecule has 1 N–H and O–H groups in total. The lowest BCUT2D eigenvalue weighted by Crippen LogP contribution is -2.06. The molecular formula is C22H18ClNO3S. The molecule has 6 heteroatoms. The van der Waals surface area contributed by atoms with Crippen LogP contribution in [-0.4, -0.2) is 13.4 Å². The Hall–Kier alpha value is -2.60.